The molecule has 0 radical (unpaired) electrons. The molecule has 1 amide bonds. The molecule has 0 bridgehead atoms. The van der Waals surface area contributed by atoms with Gasteiger partial charge in [0.2, 0.25) is 5.91 Å². The summed E-state index contributed by atoms with van der Waals surface area (Å²) in [5.74, 6) is 2.10. The Balaban J connectivity index is 2.30. The average Bonchev–Trinajstić information content (AvgIpc) is 2.44. The number of halogens is 1. The van der Waals surface area contributed by atoms with E-state index < -0.39 is 0 Å². The summed E-state index contributed by atoms with van der Waals surface area (Å²) >= 11 is 5.56. The molecule has 0 heterocycles. The number of likely N-dealkylation sites (N-methyl/N-ethyl adjacent to an activating group) is 1. The van der Waals surface area contributed by atoms with Crippen LogP contribution in [0.15, 0.2) is 24.3 Å². The number of hydrogen-bond donors (Lipinski definition) is 0. The van der Waals surface area contributed by atoms with Gasteiger partial charge in [-0.1, -0.05) is 6.07 Å². The summed E-state index contributed by atoms with van der Waals surface area (Å²) < 4.78 is 10.7. The lowest BCUT2D eigenvalue weighted by Crippen LogP contribution is -2.30. The molecule has 0 N–H and O–H groups in total. The molecule has 0 aliphatic heterocycles. The number of nitrogens with zero attached hydrogens (tertiary/aromatic N) is 1. The quantitative estimate of drug-likeness (QED) is 0.689. The molecular weight excluding hydrogens is 266 g/mol. The second-order valence-corrected chi connectivity index (χ2v) is 4.51. The molecule has 0 unspecified atom stereocenters. The van der Waals surface area contributed by atoms with Gasteiger partial charge in [-0.25, -0.2) is 0 Å². The van der Waals surface area contributed by atoms with Gasteiger partial charge in [-0.15, -0.1) is 11.6 Å². The Morgan fingerprint density at radius 2 is 2.11 bits per heavy atom. The van der Waals surface area contributed by atoms with Crippen LogP contribution in [0.1, 0.15) is 12.8 Å². The third kappa shape index (κ3) is 5.83. The smallest absolute Gasteiger partial charge is 0.222 e. The van der Waals surface area contributed by atoms with Gasteiger partial charge in [0, 0.05) is 25.4 Å². The number of ether oxygens (including phenoxy) is 2. The molecule has 0 atom stereocenters. The van der Waals surface area contributed by atoms with Crippen molar-refractivity contribution in [3.8, 4) is 11.5 Å². The molecule has 4 nitrogen and oxygen atoms in total. The molecule has 0 aliphatic rings. The number of carbonyl (C=O) groups excluding carboxylic acids is 1. The predicted octanol–water partition coefficient (Wildman–Crippen LogP) is 2.55. The highest BCUT2D eigenvalue weighted by molar-refractivity contribution is 6.17. The Bertz CT molecular complexity index is 398. The van der Waals surface area contributed by atoms with Gasteiger partial charge in [-0.05, 0) is 18.6 Å². The predicted molar refractivity (Wildman–Crippen MR) is 76.1 cm³/mol. The molecule has 106 valence electrons. The van der Waals surface area contributed by atoms with E-state index in [0.717, 1.165) is 11.5 Å². The third-order valence-corrected chi connectivity index (χ3v) is 2.95. The summed E-state index contributed by atoms with van der Waals surface area (Å²) in [6.07, 6.45) is 1.20. The van der Waals surface area contributed by atoms with Crippen molar-refractivity contribution >= 4 is 17.5 Å². The van der Waals surface area contributed by atoms with E-state index in [1.165, 1.54) is 0 Å². The molecule has 1 aromatic rings. The molecule has 0 aliphatic carbocycles. The lowest BCUT2D eigenvalue weighted by atomic mass is 10.3. The molecule has 0 fully saturated rings. The highest BCUT2D eigenvalue weighted by Gasteiger charge is 2.07. The summed E-state index contributed by atoms with van der Waals surface area (Å²) in [6, 6.07) is 7.39. The fourth-order valence-electron chi connectivity index (χ4n) is 1.52. The van der Waals surface area contributed by atoms with Gasteiger partial charge in [0.25, 0.3) is 0 Å². The van der Waals surface area contributed by atoms with E-state index in [1.807, 2.05) is 24.3 Å². The number of amides is 1. The van der Waals surface area contributed by atoms with Crippen molar-refractivity contribution in [2.24, 2.45) is 0 Å². The van der Waals surface area contributed by atoms with E-state index in [9.17, 15) is 4.79 Å². The lowest BCUT2D eigenvalue weighted by molar-refractivity contribution is -0.130. The van der Waals surface area contributed by atoms with Gasteiger partial charge in [0.05, 0.1) is 13.7 Å². The van der Waals surface area contributed by atoms with Crippen LogP contribution in [0.2, 0.25) is 0 Å². The van der Waals surface area contributed by atoms with Crippen LogP contribution >= 0.6 is 11.6 Å². The Labute approximate surface area is 119 Å². The SMILES string of the molecule is COc1cccc(OCCN(C)C(=O)CCCCl)c1. The highest BCUT2D eigenvalue weighted by Crippen LogP contribution is 2.18. The first kappa shape index (κ1) is 15.6. The minimum absolute atomic E-state index is 0.0925. The summed E-state index contributed by atoms with van der Waals surface area (Å²) in [5, 5.41) is 0. The van der Waals surface area contributed by atoms with Crippen molar-refractivity contribution in [3.05, 3.63) is 24.3 Å². The highest BCUT2D eigenvalue weighted by atomic mass is 35.5. The number of methoxy groups -OCH3 is 1. The number of carbonyl (C=O) groups is 1. The summed E-state index contributed by atoms with van der Waals surface area (Å²) in [5.41, 5.74) is 0. The van der Waals surface area contributed by atoms with Crippen molar-refractivity contribution in [3.63, 3.8) is 0 Å². The average molecular weight is 286 g/mol. The van der Waals surface area contributed by atoms with Crippen LogP contribution in [0.25, 0.3) is 0 Å². The monoisotopic (exact) mass is 285 g/mol. The van der Waals surface area contributed by atoms with Crippen LogP contribution in [0.5, 0.6) is 11.5 Å². The molecule has 0 spiro atoms. The van der Waals surface area contributed by atoms with Crippen LogP contribution in [0, 0.1) is 0 Å². The Morgan fingerprint density at radius 1 is 1.37 bits per heavy atom. The number of benzene rings is 1. The maximum atomic E-state index is 11.6. The molecule has 5 heteroatoms. The second kappa shape index (κ2) is 8.64. The molecular formula is C14H20ClNO3. The first-order chi connectivity index (χ1) is 9.17. The van der Waals surface area contributed by atoms with Gasteiger partial charge >= 0.3 is 0 Å². The van der Waals surface area contributed by atoms with Crippen molar-refractivity contribution in [2.45, 2.75) is 12.8 Å². The van der Waals surface area contributed by atoms with Crippen LogP contribution in [0.3, 0.4) is 0 Å². The molecule has 1 aromatic carbocycles. The van der Waals surface area contributed by atoms with E-state index in [2.05, 4.69) is 0 Å². The third-order valence-electron chi connectivity index (χ3n) is 2.69. The van der Waals surface area contributed by atoms with Gasteiger partial charge in [0.15, 0.2) is 0 Å². The van der Waals surface area contributed by atoms with Crippen molar-refractivity contribution < 1.29 is 14.3 Å². The zero-order valence-corrected chi connectivity index (χ0v) is 12.2. The Hall–Kier alpha value is -1.42. The Kier molecular flexibility index (Phi) is 7.11. The van der Waals surface area contributed by atoms with Gasteiger partial charge < -0.3 is 14.4 Å². The van der Waals surface area contributed by atoms with Gasteiger partial charge in [-0.2, -0.15) is 0 Å². The minimum atomic E-state index is 0.0925. The van der Waals surface area contributed by atoms with E-state index in [-0.39, 0.29) is 5.91 Å². The second-order valence-electron chi connectivity index (χ2n) is 4.14. The van der Waals surface area contributed by atoms with E-state index in [1.54, 1.807) is 19.1 Å². The number of rotatable bonds is 8. The largest absolute Gasteiger partial charge is 0.497 e. The molecule has 0 aromatic heterocycles. The van der Waals surface area contributed by atoms with E-state index in [0.29, 0.717) is 31.9 Å². The summed E-state index contributed by atoms with van der Waals surface area (Å²) in [6.45, 7) is 1.01. The fourth-order valence-corrected chi connectivity index (χ4v) is 1.66. The zero-order valence-electron chi connectivity index (χ0n) is 11.4. The van der Waals surface area contributed by atoms with Crippen LogP contribution in [-0.4, -0.2) is 44.0 Å². The standard InChI is InChI=1S/C14H20ClNO3/c1-16(14(17)7-4-8-15)9-10-19-13-6-3-5-12(11-13)18-2/h3,5-6,11H,4,7-10H2,1-2H3. The van der Waals surface area contributed by atoms with Crippen molar-refractivity contribution in [1.82, 2.24) is 4.90 Å². The van der Waals surface area contributed by atoms with Crippen LogP contribution < -0.4 is 9.47 Å². The first-order valence-electron chi connectivity index (χ1n) is 6.24. The maximum Gasteiger partial charge on any atom is 0.222 e. The van der Waals surface area contributed by atoms with Crippen molar-refractivity contribution in [1.29, 1.82) is 0 Å². The van der Waals surface area contributed by atoms with Crippen LogP contribution in [0.4, 0.5) is 0 Å². The maximum absolute atomic E-state index is 11.6. The topological polar surface area (TPSA) is 38.8 Å². The molecule has 0 saturated heterocycles. The summed E-state index contributed by atoms with van der Waals surface area (Å²) in [4.78, 5) is 13.3. The van der Waals surface area contributed by atoms with Crippen LogP contribution in [-0.2, 0) is 4.79 Å². The number of hydrogen-bond acceptors (Lipinski definition) is 3. The molecule has 19 heavy (non-hydrogen) atoms. The normalized spacial score (nSPS) is 10.1. The Morgan fingerprint density at radius 3 is 2.79 bits per heavy atom. The summed E-state index contributed by atoms with van der Waals surface area (Å²) in [7, 11) is 3.38. The molecule has 0 saturated carbocycles. The minimum Gasteiger partial charge on any atom is -0.497 e. The van der Waals surface area contributed by atoms with E-state index >= 15 is 0 Å². The first-order valence-corrected chi connectivity index (χ1v) is 6.77. The lowest BCUT2D eigenvalue weighted by Gasteiger charge is -2.17. The molecule has 1 rings (SSSR count). The van der Waals surface area contributed by atoms with Crippen molar-refractivity contribution in [2.75, 3.05) is 33.2 Å². The van der Waals surface area contributed by atoms with Gasteiger partial charge in [-0.3, -0.25) is 4.79 Å². The fraction of sp³-hybridized carbons (Fsp3) is 0.500. The van der Waals surface area contributed by atoms with Gasteiger partial charge in [0.1, 0.15) is 18.1 Å². The number of alkyl halides is 1. The van der Waals surface area contributed by atoms with E-state index in [4.69, 9.17) is 21.1 Å². The zero-order chi connectivity index (χ0) is 14.1.